The van der Waals surface area contributed by atoms with Gasteiger partial charge in [0.2, 0.25) is 5.91 Å². The molecule has 7 heteroatoms. The number of carbonyl (C=O) groups is 1. The van der Waals surface area contributed by atoms with Gasteiger partial charge in [0.15, 0.2) is 5.82 Å². The molecule has 166 valence electrons. The average molecular weight is 424 g/mol. The third-order valence-corrected chi connectivity index (χ3v) is 6.21. The first-order valence-corrected chi connectivity index (χ1v) is 11.5. The van der Waals surface area contributed by atoms with E-state index in [0.29, 0.717) is 13.2 Å². The summed E-state index contributed by atoms with van der Waals surface area (Å²) >= 11 is 0. The lowest BCUT2D eigenvalue weighted by molar-refractivity contribution is -0.125. The standard InChI is InChI=1S/C24H33N5O2/c1-2-31-21-8-6-7-19(15-21)16-26-24(30)20-9-13-28(14-10-20)22-17-25-18-27-23(22)29-11-4-3-5-12-29/h6-8,15,17-18,20H,2-5,9-14,16H2,1H3,(H,26,30). The Kier molecular flexibility index (Phi) is 7.22. The van der Waals surface area contributed by atoms with Crippen molar-refractivity contribution in [2.45, 2.75) is 45.6 Å². The van der Waals surface area contributed by atoms with Gasteiger partial charge in [-0.3, -0.25) is 4.79 Å². The van der Waals surface area contributed by atoms with Crippen molar-refractivity contribution in [3.63, 3.8) is 0 Å². The highest BCUT2D eigenvalue weighted by Gasteiger charge is 2.27. The zero-order valence-electron chi connectivity index (χ0n) is 18.4. The van der Waals surface area contributed by atoms with E-state index >= 15 is 0 Å². The number of nitrogens with zero attached hydrogens (tertiary/aromatic N) is 4. The molecule has 7 nitrogen and oxygen atoms in total. The molecule has 0 radical (unpaired) electrons. The Balaban J connectivity index is 1.31. The van der Waals surface area contributed by atoms with Crippen LogP contribution in [0.2, 0.25) is 0 Å². The Hall–Kier alpha value is -2.83. The van der Waals surface area contributed by atoms with Crippen molar-refractivity contribution in [1.82, 2.24) is 15.3 Å². The van der Waals surface area contributed by atoms with Crippen LogP contribution in [0, 0.1) is 5.92 Å². The zero-order valence-corrected chi connectivity index (χ0v) is 18.4. The number of piperidine rings is 2. The fourth-order valence-corrected chi connectivity index (χ4v) is 4.52. The number of aromatic nitrogens is 2. The molecule has 1 amide bonds. The van der Waals surface area contributed by atoms with Crippen molar-refractivity contribution < 1.29 is 9.53 Å². The van der Waals surface area contributed by atoms with Crippen LogP contribution in [0.3, 0.4) is 0 Å². The summed E-state index contributed by atoms with van der Waals surface area (Å²) in [7, 11) is 0. The highest BCUT2D eigenvalue weighted by Crippen LogP contribution is 2.31. The molecule has 2 saturated heterocycles. The van der Waals surface area contributed by atoms with E-state index in [-0.39, 0.29) is 11.8 Å². The van der Waals surface area contributed by atoms with Crippen LogP contribution in [0.4, 0.5) is 11.5 Å². The van der Waals surface area contributed by atoms with Crippen molar-refractivity contribution in [2.24, 2.45) is 5.92 Å². The molecule has 0 aliphatic carbocycles. The molecule has 4 rings (SSSR count). The van der Waals surface area contributed by atoms with Crippen molar-refractivity contribution >= 4 is 17.4 Å². The summed E-state index contributed by atoms with van der Waals surface area (Å²) in [6, 6.07) is 7.91. The van der Waals surface area contributed by atoms with Gasteiger partial charge in [-0.15, -0.1) is 0 Å². The first-order chi connectivity index (χ1) is 15.2. The summed E-state index contributed by atoms with van der Waals surface area (Å²) in [5.74, 6) is 2.08. The van der Waals surface area contributed by atoms with Crippen molar-refractivity contribution in [2.75, 3.05) is 42.6 Å². The molecule has 0 saturated carbocycles. The maximum Gasteiger partial charge on any atom is 0.223 e. The molecule has 2 aromatic rings. The van der Waals surface area contributed by atoms with Gasteiger partial charge >= 0.3 is 0 Å². The molecule has 0 unspecified atom stereocenters. The predicted octanol–water partition coefficient (Wildman–Crippen LogP) is 3.40. The normalized spacial score (nSPS) is 17.5. The molecule has 3 heterocycles. The molecule has 1 aromatic heterocycles. The largest absolute Gasteiger partial charge is 0.494 e. The van der Waals surface area contributed by atoms with Crippen LogP contribution in [0.25, 0.3) is 0 Å². The lowest BCUT2D eigenvalue weighted by Gasteiger charge is -2.36. The molecule has 0 bridgehead atoms. The topological polar surface area (TPSA) is 70.6 Å². The second kappa shape index (κ2) is 10.5. The van der Waals surface area contributed by atoms with Gasteiger partial charge < -0.3 is 19.9 Å². The van der Waals surface area contributed by atoms with E-state index < -0.39 is 0 Å². The van der Waals surface area contributed by atoms with Gasteiger partial charge in [0, 0.05) is 38.6 Å². The van der Waals surface area contributed by atoms with Gasteiger partial charge in [-0.2, -0.15) is 0 Å². The number of benzene rings is 1. The molecule has 0 spiro atoms. The quantitative estimate of drug-likeness (QED) is 0.736. The van der Waals surface area contributed by atoms with Gasteiger partial charge in [-0.25, -0.2) is 9.97 Å². The van der Waals surface area contributed by atoms with Crippen LogP contribution in [0.5, 0.6) is 5.75 Å². The summed E-state index contributed by atoms with van der Waals surface area (Å²) in [5.41, 5.74) is 2.17. The summed E-state index contributed by atoms with van der Waals surface area (Å²) in [6.07, 6.45) is 9.01. The molecule has 1 aromatic carbocycles. The van der Waals surface area contributed by atoms with Crippen LogP contribution in [-0.2, 0) is 11.3 Å². The Morgan fingerprint density at radius 3 is 2.71 bits per heavy atom. The zero-order chi connectivity index (χ0) is 21.5. The second-order valence-corrected chi connectivity index (χ2v) is 8.34. The van der Waals surface area contributed by atoms with E-state index in [0.717, 1.165) is 61.8 Å². The first-order valence-electron chi connectivity index (χ1n) is 11.5. The molecule has 1 N–H and O–H groups in total. The number of amides is 1. The maximum atomic E-state index is 12.7. The minimum atomic E-state index is 0.0504. The molecule has 2 aliphatic heterocycles. The molecule has 2 aliphatic rings. The fourth-order valence-electron chi connectivity index (χ4n) is 4.52. The predicted molar refractivity (Wildman–Crippen MR) is 122 cm³/mol. The monoisotopic (exact) mass is 423 g/mol. The van der Waals surface area contributed by atoms with Crippen LogP contribution >= 0.6 is 0 Å². The molecule has 2 fully saturated rings. The Bertz CT molecular complexity index is 861. The number of nitrogens with one attached hydrogen (secondary N) is 1. The van der Waals surface area contributed by atoms with Crippen LogP contribution < -0.4 is 19.9 Å². The van der Waals surface area contributed by atoms with Crippen LogP contribution in [-0.4, -0.2) is 48.7 Å². The lowest BCUT2D eigenvalue weighted by Crippen LogP contribution is -2.41. The van der Waals surface area contributed by atoms with E-state index in [1.807, 2.05) is 37.4 Å². The van der Waals surface area contributed by atoms with Gasteiger partial charge in [-0.05, 0) is 56.7 Å². The van der Waals surface area contributed by atoms with Crippen molar-refractivity contribution in [3.8, 4) is 5.75 Å². The van der Waals surface area contributed by atoms with Crippen molar-refractivity contribution in [1.29, 1.82) is 0 Å². The highest BCUT2D eigenvalue weighted by atomic mass is 16.5. The number of hydrogen-bond acceptors (Lipinski definition) is 6. The average Bonchev–Trinajstić information content (AvgIpc) is 2.84. The Morgan fingerprint density at radius 1 is 1.13 bits per heavy atom. The van der Waals surface area contributed by atoms with Crippen LogP contribution in [0.15, 0.2) is 36.8 Å². The number of anilines is 2. The number of rotatable bonds is 7. The number of hydrogen-bond donors (Lipinski definition) is 1. The van der Waals surface area contributed by atoms with E-state index in [4.69, 9.17) is 4.74 Å². The Labute approximate surface area is 184 Å². The summed E-state index contributed by atoms with van der Waals surface area (Å²) < 4.78 is 5.55. The van der Waals surface area contributed by atoms with E-state index in [2.05, 4.69) is 25.1 Å². The third kappa shape index (κ3) is 5.46. The second-order valence-electron chi connectivity index (χ2n) is 8.34. The van der Waals surface area contributed by atoms with Crippen LogP contribution in [0.1, 0.15) is 44.6 Å². The summed E-state index contributed by atoms with van der Waals surface area (Å²) in [6.45, 7) is 6.97. The van der Waals surface area contributed by atoms with E-state index in [1.165, 1.54) is 19.3 Å². The van der Waals surface area contributed by atoms with Gasteiger partial charge in [0.1, 0.15) is 12.1 Å². The smallest absolute Gasteiger partial charge is 0.223 e. The maximum absolute atomic E-state index is 12.7. The van der Waals surface area contributed by atoms with Crippen molar-refractivity contribution in [3.05, 3.63) is 42.4 Å². The molecule has 31 heavy (non-hydrogen) atoms. The first kappa shape index (κ1) is 21.4. The summed E-state index contributed by atoms with van der Waals surface area (Å²) in [5, 5.41) is 3.11. The van der Waals surface area contributed by atoms with Gasteiger partial charge in [0.05, 0.1) is 18.5 Å². The minimum Gasteiger partial charge on any atom is -0.494 e. The SMILES string of the molecule is CCOc1cccc(CNC(=O)C2CCN(c3cncnc3N3CCCCC3)CC2)c1. The van der Waals surface area contributed by atoms with E-state index in [9.17, 15) is 4.79 Å². The van der Waals surface area contributed by atoms with Gasteiger partial charge in [-0.1, -0.05) is 12.1 Å². The number of carbonyl (C=O) groups excluding carboxylic acids is 1. The third-order valence-electron chi connectivity index (χ3n) is 6.21. The van der Waals surface area contributed by atoms with E-state index in [1.54, 1.807) is 6.33 Å². The fraction of sp³-hybridized carbons (Fsp3) is 0.542. The minimum absolute atomic E-state index is 0.0504. The highest BCUT2D eigenvalue weighted by molar-refractivity contribution is 5.79. The van der Waals surface area contributed by atoms with Gasteiger partial charge in [0.25, 0.3) is 0 Å². The lowest BCUT2D eigenvalue weighted by atomic mass is 9.95. The molecule has 0 atom stereocenters. The summed E-state index contributed by atoms with van der Waals surface area (Å²) in [4.78, 5) is 26.4. The Morgan fingerprint density at radius 2 is 1.94 bits per heavy atom. The molecular weight excluding hydrogens is 390 g/mol. The number of ether oxygens (including phenoxy) is 1. The molecular formula is C24H33N5O2.